The monoisotopic (exact) mass is 311 g/mol. The van der Waals surface area contributed by atoms with E-state index < -0.39 is 0 Å². The molecule has 1 N–H and O–H groups in total. The Bertz CT molecular complexity index is 365. The zero-order valence-electron chi connectivity index (χ0n) is 11.0. The highest BCUT2D eigenvalue weighted by atomic mass is 79.9. The largest absolute Gasteiger partial charge is 0.380 e. The zero-order chi connectivity index (χ0) is 12.8. The first-order valence-corrected chi connectivity index (χ1v) is 7.62. The molecule has 2 rings (SSSR count). The van der Waals surface area contributed by atoms with Crippen LogP contribution in [-0.4, -0.2) is 26.3 Å². The lowest BCUT2D eigenvalue weighted by atomic mass is 10.00. The van der Waals surface area contributed by atoms with E-state index in [0.29, 0.717) is 5.92 Å². The first-order valence-electron chi connectivity index (χ1n) is 6.83. The van der Waals surface area contributed by atoms with Gasteiger partial charge in [0.1, 0.15) is 0 Å². The maximum atomic E-state index is 5.86. The highest BCUT2D eigenvalue weighted by Gasteiger charge is 2.22. The molecule has 1 aliphatic rings. The topological polar surface area (TPSA) is 21.3 Å². The fourth-order valence-electron chi connectivity index (χ4n) is 2.01. The van der Waals surface area contributed by atoms with E-state index in [1.807, 2.05) is 0 Å². The third-order valence-corrected chi connectivity index (χ3v) is 3.82. The molecule has 1 aromatic carbocycles. The predicted octanol–water partition coefficient (Wildman–Crippen LogP) is 3.57. The van der Waals surface area contributed by atoms with Gasteiger partial charge in [0.05, 0.1) is 6.61 Å². The van der Waals surface area contributed by atoms with Crippen LogP contribution in [-0.2, 0) is 4.74 Å². The summed E-state index contributed by atoms with van der Waals surface area (Å²) in [6.07, 6.45) is 2.71. The molecule has 0 amide bonds. The SMILES string of the molecule is CCNCC(COCC1CC1)c1cccc(Br)c1. The molecule has 0 spiro atoms. The average molecular weight is 312 g/mol. The molecule has 1 atom stereocenters. The summed E-state index contributed by atoms with van der Waals surface area (Å²) in [6, 6.07) is 8.55. The summed E-state index contributed by atoms with van der Waals surface area (Å²) >= 11 is 3.54. The Balaban J connectivity index is 1.89. The van der Waals surface area contributed by atoms with E-state index in [4.69, 9.17) is 4.74 Å². The third kappa shape index (κ3) is 4.71. The van der Waals surface area contributed by atoms with E-state index in [2.05, 4.69) is 52.4 Å². The van der Waals surface area contributed by atoms with E-state index in [0.717, 1.165) is 36.7 Å². The molecule has 2 nitrogen and oxygen atoms in total. The van der Waals surface area contributed by atoms with Gasteiger partial charge >= 0.3 is 0 Å². The van der Waals surface area contributed by atoms with Crippen molar-refractivity contribution in [1.82, 2.24) is 5.32 Å². The second-order valence-corrected chi connectivity index (χ2v) is 5.96. The van der Waals surface area contributed by atoms with Gasteiger partial charge in [-0.2, -0.15) is 0 Å². The Kier molecular flexibility index (Phi) is 5.67. The molecule has 0 heterocycles. The van der Waals surface area contributed by atoms with Gasteiger partial charge in [0.15, 0.2) is 0 Å². The van der Waals surface area contributed by atoms with E-state index in [-0.39, 0.29) is 0 Å². The van der Waals surface area contributed by atoms with Crippen LogP contribution in [0.15, 0.2) is 28.7 Å². The highest BCUT2D eigenvalue weighted by molar-refractivity contribution is 9.10. The van der Waals surface area contributed by atoms with Gasteiger partial charge in [0, 0.05) is 23.5 Å². The van der Waals surface area contributed by atoms with Crippen LogP contribution in [0.3, 0.4) is 0 Å². The van der Waals surface area contributed by atoms with E-state index >= 15 is 0 Å². The summed E-state index contributed by atoms with van der Waals surface area (Å²) in [4.78, 5) is 0. The first-order chi connectivity index (χ1) is 8.79. The second-order valence-electron chi connectivity index (χ2n) is 5.04. The van der Waals surface area contributed by atoms with Crippen molar-refractivity contribution in [2.75, 3.05) is 26.3 Å². The van der Waals surface area contributed by atoms with E-state index in [9.17, 15) is 0 Å². The molecule has 0 aromatic heterocycles. The molecule has 0 aliphatic heterocycles. The normalized spacial score (nSPS) is 16.8. The second kappa shape index (κ2) is 7.27. The minimum Gasteiger partial charge on any atom is -0.380 e. The Hall–Kier alpha value is -0.380. The lowest BCUT2D eigenvalue weighted by molar-refractivity contribution is 0.110. The molecule has 100 valence electrons. The van der Waals surface area contributed by atoms with Crippen LogP contribution in [0.4, 0.5) is 0 Å². The minimum absolute atomic E-state index is 0.446. The van der Waals surface area contributed by atoms with Crippen molar-refractivity contribution in [1.29, 1.82) is 0 Å². The van der Waals surface area contributed by atoms with Crippen LogP contribution >= 0.6 is 15.9 Å². The molecule has 1 aliphatic carbocycles. The van der Waals surface area contributed by atoms with Crippen LogP contribution in [0.2, 0.25) is 0 Å². The summed E-state index contributed by atoms with van der Waals surface area (Å²) in [7, 11) is 0. The molecule has 0 bridgehead atoms. The van der Waals surface area contributed by atoms with Crippen molar-refractivity contribution >= 4 is 15.9 Å². The summed E-state index contributed by atoms with van der Waals surface area (Å²) in [6.45, 7) is 5.89. The lowest BCUT2D eigenvalue weighted by Gasteiger charge is -2.18. The van der Waals surface area contributed by atoms with Gasteiger partial charge in [-0.05, 0) is 43.0 Å². The molecule has 18 heavy (non-hydrogen) atoms. The first kappa shape index (κ1) is 14.0. The Morgan fingerprint density at radius 2 is 2.28 bits per heavy atom. The van der Waals surface area contributed by atoms with Crippen molar-refractivity contribution in [2.45, 2.75) is 25.7 Å². The standard InChI is InChI=1S/C15H22BrNO/c1-2-17-9-14(11-18-10-12-6-7-12)13-4-3-5-15(16)8-13/h3-5,8,12,14,17H,2,6-7,9-11H2,1H3. The molecule has 1 unspecified atom stereocenters. The molecule has 0 saturated heterocycles. The van der Waals surface area contributed by atoms with Crippen LogP contribution in [0.25, 0.3) is 0 Å². The molecule has 1 saturated carbocycles. The number of rotatable bonds is 8. The van der Waals surface area contributed by atoms with Crippen LogP contribution in [0.5, 0.6) is 0 Å². The maximum absolute atomic E-state index is 5.86. The predicted molar refractivity (Wildman–Crippen MR) is 79.0 cm³/mol. The van der Waals surface area contributed by atoms with Gasteiger partial charge < -0.3 is 10.1 Å². The maximum Gasteiger partial charge on any atom is 0.0547 e. The number of likely N-dealkylation sites (N-methyl/N-ethyl adjacent to an activating group) is 1. The summed E-state index contributed by atoms with van der Waals surface area (Å²) < 4.78 is 7.00. The quantitative estimate of drug-likeness (QED) is 0.792. The molecular formula is C15H22BrNO. The Morgan fingerprint density at radius 1 is 1.44 bits per heavy atom. The molecule has 3 heteroatoms. The van der Waals surface area contributed by atoms with Crippen LogP contribution < -0.4 is 5.32 Å². The van der Waals surface area contributed by atoms with E-state index in [1.165, 1.54) is 18.4 Å². The lowest BCUT2D eigenvalue weighted by Crippen LogP contribution is -2.24. The van der Waals surface area contributed by atoms with Crippen molar-refractivity contribution < 1.29 is 4.74 Å². The number of ether oxygens (including phenoxy) is 1. The number of benzene rings is 1. The number of nitrogens with one attached hydrogen (secondary N) is 1. The summed E-state index contributed by atoms with van der Waals surface area (Å²) in [5, 5.41) is 3.42. The van der Waals surface area contributed by atoms with Gasteiger partial charge in [-0.25, -0.2) is 0 Å². The molecule has 0 radical (unpaired) electrons. The van der Waals surface area contributed by atoms with Gasteiger partial charge in [-0.3, -0.25) is 0 Å². The smallest absolute Gasteiger partial charge is 0.0547 e. The third-order valence-electron chi connectivity index (χ3n) is 3.33. The summed E-state index contributed by atoms with van der Waals surface area (Å²) in [5.41, 5.74) is 1.35. The van der Waals surface area contributed by atoms with Crippen molar-refractivity contribution in [3.63, 3.8) is 0 Å². The van der Waals surface area contributed by atoms with Crippen LogP contribution in [0.1, 0.15) is 31.2 Å². The minimum atomic E-state index is 0.446. The van der Waals surface area contributed by atoms with Crippen LogP contribution in [0, 0.1) is 5.92 Å². The average Bonchev–Trinajstić information content (AvgIpc) is 3.17. The zero-order valence-corrected chi connectivity index (χ0v) is 12.6. The fourth-order valence-corrected chi connectivity index (χ4v) is 2.43. The fraction of sp³-hybridized carbons (Fsp3) is 0.600. The number of hydrogen-bond acceptors (Lipinski definition) is 2. The summed E-state index contributed by atoms with van der Waals surface area (Å²) in [5.74, 6) is 1.29. The molecule has 1 fully saturated rings. The molecular weight excluding hydrogens is 290 g/mol. The number of hydrogen-bond donors (Lipinski definition) is 1. The number of halogens is 1. The Labute approximate surface area is 118 Å². The van der Waals surface area contributed by atoms with E-state index in [1.54, 1.807) is 0 Å². The van der Waals surface area contributed by atoms with Gasteiger partial charge in [0.25, 0.3) is 0 Å². The van der Waals surface area contributed by atoms with Crippen molar-refractivity contribution in [2.24, 2.45) is 5.92 Å². The molecule has 1 aromatic rings. The van der Waals surface area contributed by atoms with Crippen molar-refractivity contribution in [3.05, 3.63) is 34.3 Å². The van der Waals surface area contributed by atoms with Gasteiger partial charge in [0.2, 0.25) is 0 Å². The Morgan fingerprint density at radius 3 is 2.94 bits per heavy atom. The van der Waals surface area contributed by atoms with Gasteiger partial charge in [-0.15, -0.1) is 0 Å². The van der Waals surface area contributed by atoms with Gasteiger partial charge in [-0.1, -0.05) is 35.0 Å². The highest BCUT2D eigenvalue weighted by Crippen LogP contribution is 2.29. The van der Waals surface area contributed by atoms with Crippen molar-refractivity contribution in [3.8, 4) is 0 Å².